The summed E-state index contributed by atoms with van der Waals surface area (Å²) < 4.78 is 7.43. The van der Waals surface area contributed by atoms with Crippen LogP contribution in [0.1, 0.15) is 47.1 Å². The number of piperazine rings is 1. The van der Waals surface area contributed by atoms with Gasteiger partial charge in [0, 0.05) is 55.5 Å². The van der Waals surface area contributed by atoms with Gasteiger partial charge in [0.1, 0.15) is 11.6 Å². The van der Waals surface area contributed by atoms with E-state index < -0.39 is 0 Å². The Morgan fingerprint density at radius 3 is 2.40 bits per heavy atom. The van der Waals surface area contributed by atoms with Crippen LogP contribution in [0.25, 0.3) is 5.69 Å². The molecule has 2 heterocycles. The average Bonchev–Trinajstić information content (AvgIpc) is 3.41. The summed E-state index contributed by atoms with van der Waals surface area (Å²) in [6, 6.07) is 25.8. The summed E-state index contributed by atoms with van der Waals surface area (Å²) >= 11 is 1.61. The number of carbonyl (C=O) groups excluding carboxylic acids is 2. The van der Waals surface area contributed by atoms with E-state index in [2.05, 4.69) is 26.9 Å². The molecule has 1 unspecified atom stereocenters. The highest BCUT2D eigenvalue weighted by molar-refractivity contribution is 7.99. The van der Waals surface area contributed by atoms with Crippen molar-refractivity contribution in [3.63, 3.8) is 0 Å². The maximum Gasteiger partial charge on any atom is 0.254 e. The van der Waals surface area contributed by atoms with E-state index in [0.29, 0.717) is 32.5 Å². The minimum absolute atomic E-state index is 0.0322. The fraction of sp³-hybridized carbons (Fsp3) is 0.333. The van der Waals surface area contributed by atoms with Crippen LogP contribution in [0.4, 0.5) is 0 Å². The minimum Gasteiger partial charge on any atom is -0.497 e. The SMILES string of the molecule is COc1ccc(-n2c(Cc3ccccc3)nnc2SCCCC(=O)N2CCN(C(=O)c3ccccc3C)C(C)C2)cc1. The first-order chi connectivity index (χ1) is 20.4. The monoisotopic (exact) mass is 583 g/mol. The van der Waals surface area contributed by atoms with Gasteiger partial charge in [0.15, 0.2) is 5.16 Å². The molecular weight excluding hydrogens is 546 g/mol. The number of ether oxygens (including phenoxy) is 1. The van der Waals surface area contributed by atoms with Crippen LogP contribution >= 0.6 is 11.8 Å². The summed E-state index contributed by atoms with van der Waals surface area (Å²) in [5, 5.41) is 9.85. The van der Waals surface area contributed by atoms with E-state index in [4.69, 9.17) is 4.74 Å². The quantitative estimate of drug-likeness (QED) is 0.183. The number of methoxy groups -OCH3 is 1. The maximum atomic E-state index is 13.1. The van der Waals surface area contributed by atoms with Crippen LogP contribution in [0.3, 0.4) is 0 Å². The lowest BCUT2D eigenvalue weighted by Gasteiger charge is -2.40. The Bertz CT molecular complexity index is 1510. The van der Waals surface area contributed by atoms with Gasteiger partial charge in [-0.05, 0) is 61.7 Å². The van der Waals surface area contributed by atoms with Gasteiger partial charge in [-0.25, -0.2) is 0 Å². The molecule has 0 aliphatic carbocycles. The molecule has 0 N–H and O–H groups in total. The van der Waals surface area contributed by atoms with E-state index in [1.54, 1.807) is 18.9 Å². The number of aryl methyl sites for hydroxylation is 1. The summed E-state index contributed by atoms with van der Waals surface area (Å²) in [7, 11) is 1.66. The number of hydrogen-bond acceptors (Lipinski definition) is 6. The zero-order valence-electron chi connectivity index (χ0n) is 24.4. The van der Waals surface area contributed by atoms with Gasteiger partial charge in [-0.3, -0.25) is 14.2 Å². The molecule has 1 saturated heterocycles. The predicted octanol–water partition coefficient (Wildman–Crippen LogP) is 5.42. The van der Waals surface area contributed by atoms with Gasteiger partial charge in [-0.1, -0.05) is 60.3 Å². The number of amides is 2. The van der Waals surface area contributed by atoms with Gasteiger partial charge < -0.3 is 14.5 Å². The summed E-state index contributed by atoms with van der Waals surface area (Å²) in [4.78, 5) is 30.0. The van der Waals surface area contributed by atoms with Crippen LogP contribution in [0.15, 0.2) is 84.0 Å². The van der Waals surface area contributed by atoms with Gasteiger partial charge in [-0.15, -0.1) is 10.2 Å². The van der Waals surface area contributed by atoms with Crippen LogP contribution in [-0.4, -0.2) is 74.9 Å². The Balaban J connectivity index is 1.17. The summed E-state index contributed by atoms with van der Waals surface area (Å²) in [6.07, 6.45) is 1.85. The van der Waals surface area contributed by atoms with Crippen LogP contribution in [0.2, 0.25) is 0 Å². The van der Waals surface area contributed by atoms with E-state index in [1.807, 2.05) is 90.4 Å². The van der Waals surface area contributed by atoms with E-state index in [1.165, 1.54) is 0 Å². The summed E-state index contributed by atoms with van der Waals surface area (Å²) in [5.74, 6) is 2.56. The number of rotatable bonds is 10. The summed E-state index contributed by atoms with van der Waals surface area (Å²) in [5.41, 5.74) is 3.84. The van der Waals surface area contributed by atoms with Crippen molar-refractivity contribution in [3.05, 3.63) is 101 Å². The van der Waals surface area contributed by atoms with Crippen LogP contribution in [-0.2, 0) is 11.2 Å². The highest BCUT2D eigenvalue weighted by atomic mass is 32.2. The number of hydrogen-bond donors (Lipinski definition) is 0. The van der Waals surface area contributed by atoms with Gasteiger partial charge in [0.2, 0.25) is 5.91 Å². The molecule has 0 bridgehead atoms. The van der Waals surface area contributed by atoms with Gasteiger partial charge in [-0.2, -0.15) is 0 Å². The second-order valence-corrected chi connectivity index (χ2v) is 11.6. The van der Waals surface area contributed by atoms with Crippen LogP contribution < -0.4 is 4.74 Å². The van der Waals surface area contributed by atoms with E-state index in [0.717, 1.165) is 51.3 Å². The third-order valence-corrected chi connectivity index (χ3v) is 8.63. The number of aromatic nitrogens is 3. The fourth-order valence-electron chi connectivity index (χ4n) is 5.28. The minimum atomic E-state index is -0.0322. The smallest absolute Gasteiger partial charge is 0.254 e. The van der Waals surface area contributed by atoms with Crippen molar-refractivity contribution >= 4 is 23.6 Å². The third-order valence-electron chi connectivity index (χ3n) is 7.62. The molecule has 0 saturated carbocycles. The molecule has 1 atom stereocenters. The maximum absolute atomic E-state index is 13.1. The van der Waals surface area contributed by atoms with Crippen LogP contribution in [0.5, 0.6) is 5.75 Å². The third kappa shape index (κ3) is 6.85. The predicted molar refractivity (Wildman–Crippen MR) is 165 cm³/mol. The Kier molecular flexibility index (Phi) is 9.59. The number of carbonyl (C=O) groups is 2. The lowest BCUT2D eigenvalue weighted by molar-refractivity contribution is -0.133. The molecule has 9 heteroatoms. The Labute approximate surface area is 251 Å². The molecule has 4 aromatic rings. The lowest BCUT2D eigenvalue weighted by atomic mass is 10.1. The first kappa shape index (κ1) is 29.4. The van der Waals surface area contributed by atoms with E-state index in [-0.39, 0.29) is 17.9 Å². The number of nitrogens with zero attached hydrogens (tertiary/aromatic N) is 5. The molecule has 1 aliphatic heterocycles. The molecule has 42 heavy (non-hydrogen) atoms. The summed E-state index contributed by atoms with van der Waals surface area (Å²) in [6.45, 7) is 5.63. The highest BCUT2D eigenvalue weighted by Gasteiger charge is 2.30. The van der Waals surface area contributed by atoms with Crippen molar-refractivity contribution in [2.45, 2.75) is 44.3 Å². The zero-order valence-corrected chi connectivity index (χ0v) is 25.2. The first-order valence-corrected chi connectivity index (χ1v) is 15.3. The molecule has 218 valence electrons. The largest absolute Gasteiger partial charge is 0.497 e. The molecule has 0 radical (unpaired) electrons. The molecule has 1 aliphatic rings. The van der Waals surface area contributed by atoms with Gasteiger partial charge in [0.25, 0.3) is 5.91 Å². The van der Waals surface area contributed by atoms with Crippen molar-refractivity contribution in [3.8, 4) is 11.4 Å². The number of thioether (sulfide) groups is 1. The first-order valence-electron chi connectivity index (χ1n) is 14.3. The second kappa shape index (κ2) is 13.7. The lowest BCUT2D eigenvalue weighted by Crippen LogP contribution is -2.55. The molecule has 3 aromatic carbocycles. The molecule has 1 aromatic heterocycles. The van der Waals surface area contributed by atoms with Crippen LogP contribution in [0, 0.1) is 6.92 Å². The molecule has 5 rings (SSSR count). The molecule has 0 spiro atoms. The highest BCUT2D eigenvalue weighted by Crippen LogP contribution is 2.26. The Morgan fingerprint density at radius 2 is 1.69 bits per heavy atom. The number of benzene rings is 3. The standard InChI is InChI=1S/C33H37N5O3S/c1-24-10-7-8-13-29(24)32(40)37-20-19-36(23-25(37)2)31(39)14-9-21-42-33-35-34-30(22-26-11-5-4-6-12-26)38(33)27-15-17-28(41-3)18-16-27/h4-8,10-13,15-18,25H,9,14,19-23H2,1-3H3. The van der Waals surface area contributed by atoms with Crippen molar-refractivity contribution in [2.75, 3.05) is 32.5 Å². The van der Waals surface area contributed by atoms with Crippen molar-refractivity contribution in [2.24, 2.45) is 0 Å². The topological polar surface area (TPSA) is 80.6 Å². The molecular formula is C33H37N5O3S. The Morgan fingerprint density at radius 1 is 0.952 bits per heavy atom. The molecule has 1 fully saturated rings. The zero-order chi connectivity index (χ0) is 29.5. The van der Waals surface area contributed by atoms with Crippen molar-refractivity contribution in [1.82, 2.24) is 24.6 Å². The fourth-order valence-corrected chi connectivity index (χ4v) is 6.19. The van der Waals surface area contributed by atoms with Gasteiger partial charge in [0.05, 0.1) is 7.11 Å². The van der Waals surface area contributed by atoms with Crippen molar-refractivity contribution < 1.29 is 14.3 Å². The van der Waals surface area contributed by atoms with E-state index >= 15 is 0 Å². The van der Waals surface area contributed by atoms with Gasteiger partial charge >= 0.3 is 0 Å². The normalized spacial score (nSPS) is 15.1. The van der Waals surface area contributed by atoms with Crippen molar-refractivity contribution in [1.29, 1.82) is 0 Å². The average molecular weight is 584 g/mol. The molecule has 2 amide bonds. The second-order valence-electron chi connectivity index (χ2n) is 10.5. The van der Waals surface area contributed by atoms with E-state index in [9.17, 15) is 9.59 Å². The Hall–Kier alpha value is -4.11. The molecule has 8 nitrogen and oxygen atoms in total.